The Balaban J connectivity index is 2.21. The molecular weight excluding hydrogens is 277 g/mol. The van der Waals surface area contributed by atoms with Crippen molar-refractivity contribution in [3.8, 4) is 0 Å². The van der Waals surface area contributed by atoms with E-state index < -0.39 is 0 Å². The standard InChI is InChI=1S/C15H23ClFN3/c1-19(2)11-5-4-8-20(10-11)14(9-18)12-6-3-7-13(16)15(12)17/h3,6-7,11,14H,4-5,8-10,18H2,1-2H3. The Labute approximate surface area is 125 Å². The van der Waals surface area contributed by atoms with Crippen LogP contribution in [0.4, 0.5) is 4.39 Å². The molecule has 0 bridgehead atoms. The number of nitrogens with two attached hydrogens (primary N) is 1. The van der Waals surface area contributed by atoms with Gasteiger partial charge in [0.2, 0.25) is 0 Å². The molecule has 2 atom stereocenters. The number of benzene rings is 1. The maximum Gasteiger partial charge on any atom is 0.146 e. The third kappa shape index (κ3) is 3.31. The lowest BCUT2D eigenvalue weighted by Crippen LogP contribution is -2.48. The molecule has 1 saturated heterocycles. The zero-order valence-corrected chi connectivity index (χ0v) is 12.9. The fourth-order valence-corrected chi connectivity index (χ4v) is 3.12. The third-order valence-electron chi connectivity index (χ3n) is 4.16. The van der Waals surface area contributed by atoms with Crippen LogP contribution in [0.5, 0.6) is 0 Å². The van der Waals surface area contributed by atoms with E-state index in [0.717, 1.165) is 19.5 Å². The largest absolute Gasteiger partial charge is 0.329 e. The average molecular weight is 300 g/mol. The molecule has 5 heteroatoms. The fraction of sp³-hybridized carbons (Fsp3) is 0.600. The first-order chi connectivity index (χ1) is 9.54. The Morgan fingerprint density at radius 3 is 2.90 bits per heavy atom. The van der Waals surface area contributed by atoms with Gasteiger partial charge in [0.05, 0.1) is 11.1 Å². The zero-order chi connectivity index (χ0) is 14.7. The van der Waals surface area contributed by atoms with Crippen LogP contribution in [0, 0.1) is 5.82 Å². The summed E-state index contributed by atoms with van der Waals surface area (Å²) in [7, 11) is 4.18. The van der Waals surface area contributed by atoms with Crippen molar-refractivity contribution in [2.75, 3.05) is 33.7 Å². The Bertz CT molecular complexity index is 453. The first kappa shape index (κ1) is 15.7. The summed E-state index contributed by atoms with van der Waals surface area (Å²) in [6.45, 7) is 2.27. The van der Waals surface area contributed by atoms with Crippen LogP contribution in [-0.4, -0.2) is 49.6 Å². The van der Waals surface area contributed by atoms with Crippen molar-refractivity contribution in [1.82, 2.24) is 9.80 Å². The molecule has 20 heavy (non-hydrogen) atoms. The van der Waals surface area contributed by atoms with Gasteiger partial charge in [-0.2, -0.15) is 0 Å². The van der Waals surface area contributed by atoms with Crippen molar-refractivity contribution in [3.63, 3.8) is 0 Å². The zero-order valence-electron chi connectivity index (χ0n) is 12.1. The lowest BCUT2D eigenvalue weighted by Gasteiger charge is -2.40. The Morgan fingerprint density at radius 2 is 2.25 bits per heavy atom. The van der Waals surface area contributed by atoms with E-state index in [0.29, 0.717) is 18.2 Å². The molecule has 0 aliphatic carbocycles. The highest BCUT2D eigenvalue weighted by Crippen LogP contribution is 2.29. The van der Waals surface area contributed by atoms with E-state index in [2.05, 4.69) is 23.9 Å². The molecule has 0 saturated carbocycles. The Morgan fingerprint density at radius 1 is 1.50 bits per heavy atom. The van der Waals surface area contributed by atoms with Crippen LogP contribution >= 0.6 is 11.6 Å². The van der Waals surface area contributed by atoms with E-state index in [9.17, 15) is 4.39 Å². The molecule has 2 N–H and O–H groups in total. The summed E-state index contributed by atoms with van der Waals surface area (Å²) in [4.78, 5) is 4.51. The van der Waals surface area contributed by atoms with Crippen molar-refractivity contribution in [1.29, 1.82) is 0 Å². The van der Waals surface area contributed by atoms with Crippen LogP contribution in [0.1, 0.15) is 24.4 Å². The Hall–Kier alpha value is -0.680. The van der Waals surface area contributed by atoms with E-state index in [1.54, 1.807) is 18.2 Å². The van der Waals surface area contributed by atoms with Crippen LogP contribution < -0.4 is 5.73 Å². The van der Waals surface area contributed by atoms with E-state index in [1.807, 2.05) is 0 Å². The minimum absolute atomic E-state index is 0.101. The molecule has 1 fully saturated rings. The van der Waals surface area contributed by atoms with Gasteiger partial charge in [-0.05, 0) is 39.5 Å². The number of rotatable bonds is 4. The third-order valence-corrected chi connectivity index (χ3v) is 4.45. The molecule has 3 nitrogen and oxygen atoms in total. The van der Waals surface area contributed by atoms with Crippen LogP contribution in [0.25, 0.3) is 0 Å². The number of hydrogen-bond donors (Lipinski definition) is 1. The highest BCUT2D eigenvalue weighted by atomic mass is 35.5. The Kier molecular flexibility index (Phi) is 5.38. The summed E-state index contributed by atoms with van der Waals surface area (Å²) < 4.78 is 14.2. The van der Waals surface area contributed by atoms with E-state index in [4.69, 9.17) is 17.3 Å². The molecule has 1 aromatic carbocycles. The minimum Gasteiger partial charge on any atom is -0.329 e. The lowest BCUT2D eigenvalue weighted by atomic mass is 9.98. The molecule has 1 aromatic rings. The van der Waals surface area contributed by atoms with Gasteiger partial charge in [0, 0.05) is 24.7 Å². The van der Waals surface area contributed by atoms with Crippen molar-refractivity contribution < 1.29 is 4.39 Å². The summed E-state index contributed by atoms with van der Waals surface area (Å²) >= 11 is 5.89. The van der Waals surface area contributed by atoms with Crippen molar-refractivity contribution in [2.45, 2.75) is 24.9 Å². The van der Waals surface area contributed by atoms with Gasteiger partial charge in [-0.3, -0.25) is 4.90 Å². The van der Waals surface area contributed by atoms with E-state index >= 15 is 0 Å². The smallest absolute Gasteiger partial charge is 0.146 e. The summed E-state index contributed by atoms with van der Waals surface area (Å²) in [5, 5.41) is 0.169. The molecule has 0 spiro atoms. The molecule has 1 aliphatic rings. The fourth-order valence-electron chi connectivity index (χ4n) is 2.94. The molecule has 0 radical (unpaired) electrons. The summed E-state index contributed by atoms with van der Waals surface area (Å²) in [5.41, 5.74) is 6.52. The minimum atomic E-state index is -0.336. The number of nitrogens with zero attached hydrogens (tertiary/aromatic N) is 2. The number of hydrogen-bond acceptors (Lipinski definition) is 3. The van der Waals surface area contributed by atoms with Crippen molar-refractivity contribution in [2.24, 2.45) is 5.73 Å². The van der Waals surface area contributed by atoms with Gasteiger partial charge in [0.1, 0.15) is 5.82 Å². The van der Waals surface area contributed by atoms with Crippen LogP contribution in [0.3, 0.4) is 0 Å². The second-order valence-electron chi connectivity index (χ2n) is 5.65. The second-order valence-corrected chi connectivity index (χ2v) is 6.06. The molecule has 112 valence electrons. The first-order valence-corrected chi connectivity index (χ1v) is 7.46. The van der Waals surface area contributed by atoms with Crippen molar-refractivity contribution in [3.05, 3.63) is 34.6 Å². The predicted octanol–water partition coefficient (Wildman–Crippen LogP) is 2.50. The van der Waals surface area contributed by atoms with Gasteiger partial charge in [0.15, 0.2) is 0 Å². The quantitative estimate of drug-likeness (QED) is 0.927. The van der Waals surface area contributed by atoms with E-state index in [-0.39, 0.29) is 16.9 Å². The van der Waals surface area contributed by atoms with E-state index in [1.165, 1.54) is 6.42 Å². The highest BCUT2D eigenvalue weighted by molar-refractivity contribution is 6.30. The number of likely N-dealkylation sites (tertiary alicyclic amines) is 1. The van der Waals surface area contributed by atoms with Crippen molar-refractivity contribution >= 4 is 11.6 Å². The monoisotopic (exact) mass is 299 g/mol. The van der Waals surface area contributed by atoms with Gasteiger partial charge in [-0.15, -0.1) is 0 Å². The molecule has 2 unspecified atom stereocenters. The summed E-state index contributed by atoms with van der Waals surface area (Å²) in [5.74, 6) is -0.336. The number of halogens is 2. The van der Waals surface area contributed by atoms with Crippen LogP contribution in [0.15, 0.2) is 18.2 Å². The molecule has 0 amide bonds. The number of likely N-dealkylation sites (N-methyl/N-ethyl adjacent to an activating group) is 1. The van der Waals surface area contributed by atoms with Gasteiger partial charge in [-0.25, -0.2) is 4.39 Å². The highest BCUT2D eigenvalue weighted by Gasteiger charge is 2.28. The molecule has 2 rings (SSSR count). The topological polar surface area (TPSA) is 32.5 Å². The molecule has 1 aliphatic heterocycles. The summed E-state index contributed by atoms with van der Waals surface area (Å²) in [6.07, 6.45) is 2.29. The number of piperidine rings is 1. The maximum absolute atomic E-state index is 14.2. The SMILES string of the molecule is CN(C)C1CCCN(C(CN)c2cccc(Cl)c2F)C1. The molecule has 0 aromatic heterocycles. The lowest BCUT2D eigenvalue weighted by molar-refractivity contribution is 0.0970. The second kappa shape index (κ2) is 6.85. The van der Waals surface area contributed by atoms with Gasteiger partial charge in [0.25, 0.3) is 0 Å². The van der Waals surface area contributed by atoms with Gasteiger partial charge >= 0.3 is 0 Å². The predicted molar refractivity (Wildman–Crippen MR) is 81.5 cm³/mol. The normalized spacial score (nSPS) is 22.2. The molecular formula is C15H23ClFN3. The van der Waals surface area contributed by atoms with Gasteiger partial charge < -0.3 is 10.6 Å². The molecule has 1 heterocycles. The average Bonchev–Trinajstić information content (AvgIpc) is 2.44. The maximum atomic E-state index is 14.2. The van der Waals surface area contributed by atoms with Crippen LogP contribution in [-0.2, 0) is 0 Å². The van der Waals surface area contributed by atoms with Crippen LogP contribution in [0.2, 0.25) is 5.02 Å². The summed E-state index contributed by atoms with van der Waals surface area (Å²) in [6, 6.07) is 5.55. The first-order valence-electron chi connectivity index (χ1n) is 7.09. The van der Waals surface area contributed by atoms with Gasteiger partial charge in [-0.1, -0.05) is 23.7 Å².